The molecule has 0 saturated carbocycles. The van der Waals surface area contributed by atoms with E-state index in [4.69, 9.17) is 0 Å². The number of benzene rings is 1. The molecule has 1 amide bonds. The number of aromatic nitrogens is 1. The standard InChI is InChI=1S/C16H18BrN3O5S2/c1-11-4-7-15(18-9-11)19-16(21)10-20(2)27(24,25)14-8-12(26(3,22)23)5-6-13(14)17/h4-9H,10H2,1-3H3,(H,18,19,21). The predicted octanol–water partition coefficient (Wildman–Crippen LogP) is 1.82. The Bertz CT molecular complexity index is 1070. The number of aryl methyl sites for hydroxylation is 1. The van der Waals surface area contributed by atoms with Crippen LogP contribution in [0.2, 0.25) is 0 Å². The number of likely N-dealkylation sites (N-methyl/N-ethyl adjacent to an activating group) is 1. The molecule has 0 aliphatic carbocycles. The van der Waals surface area contributed by atoms with Gasteiger partial charge < -0.3 is 5.32 Å². The van der Waals surface area contributed by atoms with Gasteiger partial charge >= 0.3 is 0 Å². The largest absolute Gasteiger partial charge is 0.310 e. The quantitative estimate of drug-likeness (QED) is 0.681. The summed E-state index contributed by atoms with van der Waals surface area (Å²) in [5, 5.41) is 2.51. The topological polar surface area (TPSA) is 114 Å². The van der Waals surface area contributed by atoms with Gasteiger partial charge in [0.25, 0.3) is 0 Å². The highest BCUT2D eigenvalue weighted by Crippen LogP contribution is 2.27. The van der Waals surface area contributed by atoms with Crippen LogP contribution in [0, 0.1) is 6.92 Å². The Labute approximate surface area is 166 Å². The third-order valence-electron chi connectivity index (χ3n) is 3.56. The minimum absolute atomic E-state index is 0.133. The Morgan fingerprint density at radius 1 is 1.19 bits per heavy atom. The van der Waals surface area contributed by atoms with Crippen molar-refractivity contribution in [2.75, 3.05) is 25.2 Å². The molecule has 0 saturated heterocycles. The van der Waals surface area contributed by atoms with E-state index < -0.39 is 32.3 Å². The molecule has 0 unspecified atom stereocenters. The molecular weight excluding hydrogens is 458 g/mol. The maximum absolute atomic E-state index is 12.8. The molecule has 8 nitrogen and oxygen atoms in total. The van der Waals surface area contributed by atoms with Gasteiger partial charge in [-0.3, -0.25) is 4.79 Å². The molecule has 2 aromatic rings. The first-order valence-corrected chi connectivity index (χ1v) is 11.7. The molecule has 1 aromatic carbocycles. The predicted molar refractivity (Wildman–Crippen MR) is 105 cm³/mol. The van der Waals surface area contributed by atoms with Gasteiger partial charge in [0.05, 0.1) is 16.3 Å². The Balaban J connectivity index is 2.23. The number of rotatable bonds is 6. The third-order valence-corrected chi connectivity index (χ3v) is 7.47. The molecule has 0 atom stereocenters. The summed E-state index contributed by atoms with van der Waals surface area (Å²) < 4.78 is 50.0. The van der Waals surface area contributed by atoms with Crippen LogP contribution in [0.15, 0.2) is 50.8 Å². The fourth-order valence-corrected chi connectivity index (χ4v) is 4.89. The summed E-state index contributed by atoms with van der Waals surface area (Å²) in [7, 11) is -6.46. The summed E-state index contributed by atoms with van der Waals surface area (Å²) in [6.45, 7) is 1.38. The fourth-order valence-electron chi connectivity index (χ4n) is 2.09. The van der Waals surface area contributed by atoms with Gasteiger partial charge in [-0.15, -0.1) is 0 Å². The van der Waals surface area contributed by atoms with E-state index in [1.54, 1.807) is 18.3 Å². The van der Waals surface area contributed by atoms with Gasteiger partial charge in [-0.2, -0.15) is 4.31 Å². The van der Waals surface area contributed by atoms with Crippen LogP contribution < -0.4 is 5.32 Å². The Kier molecular flexibility index (Phi) is 6.40. The highest BCUT2D eigenvalue weighted by atomic mass is 79.9. The third kappa shape index (κ3) is 5.34. The molecule has 0 spiro atoms. The van der Waals surface area contributed by atoms with Crippen LogP contribution in [0.25, 0.3) is 0 Å². The molecule has 0 bridgehead atoms. The van der Waals surface area contributed by atoms with Crippen molar-refractivity contribution in [3.05, 3.63) is 46.6 Å². The molecular formula is C16H18BrN3O5S2. The van der Waals surface area contributed by atoms with E-state index in [0.717, 1.165) is 22.2 Å². The first-order chi connectivity index (χ1) is 12.4. The van der Waals surface area contributed by atoms with E-state index in [-0.39, 0.29) is 14.3 Å². The second-order valence-corrected chi connectivity index (χ2v) is 10.8. The molecule has 0 radical (unpaired) electrons. The highest BCUT2D eigenvalue weighted by Gasteiger charge is 2.27. The normalized spacial score (nSPS) is 12.2. The first kappa shape index (κ1) is 21.5. The van der Waals surface area contributed by atoms with Crippen molar-refractivity contribution in [3.8, 4) is 0 Å². The Morgan fingerprint density at radius 3 is 2.41 bits per heavy atom. The number of sulfonamides is 1. The molecule has 27 heavy (non-hydrogen) atoms. The second-order valence-electron chi connectivity index (χ2n) is 5.89. The number of nitrogens with zero attached hydrogens (tertiary/aromatic N) is 2. The lowest BCUT2D eigenvalue weighted by molar-refractivity contribution is -0.116. The van der Waals surface area contributed by atoms with E-state index in [1.807, 2.05) is 6.92 Å². The number of nitrogens with one attached hydrogen (secondary N) is 1. The SMILES string of the molecule is Cc1ccc(NC(=O)CN(C)S(=O)(=O)c2cc(S(C)(=O)=O)ccc2Br)nc1. The summed E-state index contributed by atoms with van der Waals surface area (Å²) in [6, 6.07) is 7.07. The number of anilines is 1. The smallest absolute Gasteiger partial charge is 0.244 e. The lowest BCUT2D eigenvalue weighted by atomic mass is 10.3. The van der Waals surface area contributed by atoms with Gasteiger partial charge in [-0.25, -0.2) is 21.8 Å². The summed E-state index contributed by atoms with van der Waals surface area (Å²) >= 11 is 3.12. The molecule has 0 aliphatic rings. The van der Waals surface area contributed by atoms with E-state index in [9.17, 15) is 21.6 Å². The Morgan fingerprint density at radius 2 is 1.85 bits per heavy atom. The number of halogens is 1. The van der Waals surface area contributed by atoms with Gasteiger partial charge in [0, 0.05) is 24.0 Å². The van der Waals surface area contributed by atoms with Crippen molar-refractivity contribution in [2.24, 2.45) is 0 Å². The van der Waals surface area contributed by atoms with E-state index in [2.05, 4.69) is 26.2 Å². The number of pyridine rings is 1. The summed E-state index contributed by atoms with van der Waals surface area (Å²) in [6.07, 6.45) is 2.56. The fraction of sp³-hybridized carbons (Fsp3) is 0.250. The van der Waals surface area contributed by atoms with Crippen LogP contribution in [-0.2, 0) is 24.7 Å². The molecule has 1 heterocycles. The lowest BCUT2D eigenvalue weighted by Crippen LogP contribution is -2.35. The zero-order valence-corrected chi connectivity index (χ0v) is 18.0. The van der Waals surface area contributed by atoms with Crippen molar-refractivity contribution in [1.82, 2.24) is 9.29 Å². The van der Waals surface area contributed by atoms with E-state index in [1.165, 1.54) is 19.2 Å². The molecule has 0 fully saturated rings. The average molecular weight is 476 g/mol. The van der Waals surface area contributed by atoms with Crippen LogP contribution in [0.1, 0.15) is 5.56 Å². The molecule has 1 aromatic heterocycles. The maximum Gasteiger partial charge on any atom is 0.244 e. The van der Waals surface area contributed by atoms with Gasteiger partial charge in [0.1, 0.15) is 5.82 Å². The van der Waals surface area contributed by atoms with Crippen LogP contribution in [0.5, 0.6) is 0 Å². The van der Waals surface area contributed by atoms with Crippen molar-refractivity contribution in [1.29, 1.82) is 0 Å². The molecule has 0 aliphatic heterocycles. The zero-order valence-electron chi connectivity index (χ0n) is 14.8. The van der Waals surface area contributed by atoms with Crippen molar-refractivity contribution in [3.63, 3.8) is 0 Å². The van der Waals surface area contributed by atoms with Crippen molar-refractivity contribution >= 4 is 47.5 Å². The number of carbonyl (C=O) groups is 1. The Hall–Kier alpha value is -1.82. The monoisotopic (exact) mass is 475 g/mol. The highest BCUT2D eigenvalue weighted by molar-refractivity contribution is 9.10. The van der Waals surface area contributed by atoms with Crippen LogP contribution >= 0.6 is 15.9 Å². The van der Waals surface area contributed by atoms with Gasteiger partial charge in [-0.05, 0) is 52.7 Å². The first-order valence-electron chi connectivity index (χ1n) is 7.60. The number of carbonyl (C=O) groups excluding carboxylic acids is 1. The van der Waals surface area contributed by atoms with Crippen LogP contribution in [-0.4, -0.2) is 51.9 Å². The summed E-state index contributed by atoms with van der Waals surface area (Å²) in [4.78, 5) is 15.8. The number of hydrogen-bond acceptors (Lipinski definition) is 6. The minimum atomic E-state index is -4.11. The second kappa shape index (κ2) is 8.05. The average Bonchev–Trinajstić information content (AvgIpc) is 2.56. The number of amides is 1. The number of hydrogen-bond donors (Lipinski definition) is 1. The molecule has 1 N–H and O–H groups in total. The van der Waals surface area contributed by atoms with Crippen molar-refractivity contribution < 1.29 is 21.6 Å². The van der Waals surface area contributed by atoms with Crippen LogP contribution in [0.3, 0.4) is 0 Å². The van der Waals surface area contributed by atoms with Gasteiger partial charge in [-0.1, -0.05) is 6.07 Å². The summed E-state index contributed by atoms with van der Waals surface area (Å²) in [5.74, 6) is -0.274. The van der Waals surface area contributed by atoms with Crippen molar-refractivity contribution in [2.45, 2.75) is 16.7 Å². The summed E-state index contributed by atoms with van der Waals surface area (Å²) in [5.41, 5.74) is 0.920. The van der Waals surface area contributed by atoms with Gasteiger partial charge in [0.15, 0.2) is 9.84 Å². The molecule has 146 valence electrons. The van der Waals surface area contributed by atoms with Gasteiger partial charge in [0.2, 0.25) is 15.9 Å². The number of sulfone groups is 1. The van der Waals surface area contributed by atoms with Crippen LogP contribution in [0.4, 0.5) is 5.82 Å². The lowest BCUT2D eigenvalue weighted by Gasteiger charge is -2.18. The molecule has 2 rings (SSSR count). The van der Waals surface area contributed by atoms with E-state index in [0.29, 0.717) is 5.82 Å². The minimum Gasteiger partial charge on any atom is -0.310 e. The van der Waals surface area contributed by atoms with E-state index >= 15 is 0 Å². The zero-order chi connectivity index (χ0) is 20.4. The molecule has 11 heteroatoms. The maximum atomic E-state index is 12.8.